The van der Waals surface area contributed by atoms with Crippen molar-refractivity contribution in [3.8, 4) is 0 Å². The Hall–Kier alpha value is -6.32. The number of amides is 12. The lowest BCUT2D eigenvalue weighted by Gasteiger charge is -2.45. The maximum absolute atomic E-state index is 15.7. The Balaban J connectivity index is 1.17. The minimum absolute atomic E-state index is 0.000818. The Morgan fingerprint density at radius 3 is 1.85 bits per heavy atom. The van der Waals surface area contributed by atoms with E-state index in [1.165, 1.54) is 93.3 Å². The first-order chi connectivity index (χ1) is 48.2. The Labute approximate surface area is 605 Å². The molecule has 4 saturated carbocycles. The van der Waals surface area contributed by atoms with Crippen LogP contribution in [0, 0.1) is 35.5 Å². The molecule has 4 heterocycles. The fourth-order valence-corrected chi connectivity index (χ4v) is 17.7. The topological polar surface area (TPSA) is 279 Å². The van der Waals surface area contributed by atoms with Crippen LogP contribution in [0.25, 0.3) is 0 Å². The van der Waals surface area contributed by atoms with E-state index in [1.807, 2.05) is 20.8 Å². The van der Waals surface area contributed by atoms with Gasteiger partial charge in [-0.3, -0.25) is 57.5 Å². The molecule has 0 bridgehead atoms. The third-order valence-electron chi connectivity index (χ3n) is 24.1. The molecule has 3 N–H and O–H groups in total. The molecule has 29 heteroatoms. The van der Waals surface area contributed by atoms with E-state index in [2.05, 4.69) is 16.0 Å². The van der Waals surface area contributed by atoms with Crippen molar-refractivity contribution < 1.29 is 75.4 Å². The maximum Gasteiger partial charge on any atom is 0.393 e. The Kier molecular flexibility index (Phi) is 28.4. The molecule has 1 spiro atoms. The first-order valence-corrected chi connectivity index (χ1v) is 38.3. The number of hydrogen-bond acceptors (Lipinski definition) is 13. The molecule has 12 amide bonds. The fourth-order valence-electron chi connectivity index (χ4n) is 17.2. The van der Waals surface area contributed by atoms with E-state index in [0.717, 1.165) is 44.9 Å². The van der Waals surface area contributed by atoms with Gasteiger partial charge in [0.25, 0.3) is 0 Å². The Morgan fingerprint density at radius 1 is 0.618 bits per heavy atom. The van der Waals surface area contributed by atoms with Crippen molar-refractivity contribution >= 4 is 82.5 Å². The lowest BCUT2D eigenvalue weighted by molar-refractivity contribution is -0.182. The molecule has 0 aromatic rings. The number of morpholine rings is 1. The zero-order chi connectivity index (χ0) is 74.8. The van der Waals surface area contributed by atoms with Crippen molar-refractivity contribution in [2.45, 2.75) is 267 Å². The van der Waals surface area contributed by atoms with Crippen molar-refractivity contribution in [2.75, 3.05) is 88.2 Å². The molecule has 0 aromatic heterocycles. The number of nitrogens with one attached hydrogen (secondary N) is 3. The molecule has 25 nitrogen and oxygen atoms in total. The van der Waals surface area contributed by atoms with E-state index in [4.69, 9.17) is 16.3 Å². The Bertz CT molecular complexity index is 3010. The summed E-state index contributed by atoms with van der Waals surface area (Å²) in [5.74, 6) is -10.5. The first-order valence-electron chi connectivity index (χ1n) is 37.9. The molecule has 8 aliphatic rings. The lowest BCUT2D eigenvalue weighted by atomic mass is 9.78. The molecule has 4 aliphatic heterocycles. The van der Waals surface area contributed by atoms with Crippen LogP contribution in [0.2, 0.25) is 0 Å². The normalized spacial score (nSPS) is 31.5. The zero-order valence-electron chi connectivity index (χ0n) is 62.2. The Morgan fingerprint density at radius 2 is 1.25 bits per heavy atom. The van der Waals surface area contributed by atoms with Crippen molar-refractivity contribution in [2.24, 2.45) is 35.5 Å². The van der Waals surface area contributed by atoms with Gasteiger partial charge in [-0.25, -0.2) is 0 Å². The molecule has 13 atom stereocenters. The molecule has 4 aliphatic carbocycles. The third-order valence-corrected chi connectivity index (χ3v) is 24.6. The summed E-state index contributed by atoms with van der Waals surface area (Å²) in [6.07, 6.45) is 4.91. The smallest absolute Gasteiger partial charge is 0.378 e. The van der Waals surface area contributed by atoms with E-state index in [9.17, 15) is 37.1 Å². The fraction of sp³-hybridized carbons (Fsp3) is 0.836. The number of ether oxygens (including phenoxy) is 1. The zero-order valence-corrected chi connectivity index (χ0v) is 63.0. The van der Waals surface area contributed by atoms with Gasteiger partial charge in [0.2, 0.25) is 70.9 Å². The van der Waals surface area contributed by atoms with Gasteiger partial charge in [0.15, 0.2) is 0 Å². The minimum atomic E-state index is -4.51. The summed E-state index contributed by atoms with van der Waals surface area (Å²) in [6, 6.07) is -10.8. The number of hydrogen-bond donors (Lipinski definition) is 3. The number of alkyl halides is 4. The molecule has 0 radical (unpaired) electrons. The van der Waals surface area contributed by atoms with Gasteiger partial charge < -0.3 is 64.8 Å². The molecule has 574 valence electrons. The molecule has 8 rings (SSSR count). The number of carbonyl (C=O) groups is 12. The predicted molar refractivity (Wildman–Crippen MR) is 374 cm³/mol. The molecular formula is C73H116ClF3N12O13. The van der Waals surface area contributed by atoms with Crippen LogP contribution >= 0.6 is 11.6 Å². The predicted octanol–water partition coefficient (Wildman–Crippen LogP) is 5.47. The summed E-state index contributed by atoms with van der Waals surface area (Å²) in [4.78, 5) is 193. The van der Waals surface area contributed by atoms with Gasteiger partial charge >= 0.3 is 6.18 Å². The van der Waals surface area contributed by atoms with E-state index in [0.29, 0.717) is 38.5 Å². The van der Waals surface area contributed by atoms with E-state index in [-0.39, 0.29) is 128 Å². The highest BCUT2D eigenvalue weighted by Gasteiger charge is 2.53. The number of rotatable bonds is 11. The number of halogens is 4. The summed E-state index contributed by atoms with van der Waals surface area (Å²) >= 11 is 6.42. The monoisotopic (exact) mass is 1460 g/mol. The van der Waals surface area contributed by atoms with Crippen LogP contribution in [0.1, 0.15) is 195 Å². The van der Waals surface area contributed by atoms with Crippen LogP contribution in [0.4, 0.5) is 13.2 Å². The van der Waals surface area contributed by atoms with Crippen molar-refractivity contribution in [3.63, 3.8) is 0 Å². The van der Waals surface area contributed by atoms with Crippen molar-refractivity contribution in [3.05, 3.63) is 0 Å². The van der Waals surface area contributed by atoms with Crippen molar-refractivity contribution in [1.82, 2.24) is 60.0 Å². The average molecular weight is 1460 g/mol. The summed E-state index contributed by atoms with van der Waals surface area (Å²) in [5.41, 5.74) is -1.56. The van der Waals surface area contributed by atoms with Crippen molar-refractivity contribution in [1.29, 1.82) is 0 Å². The maximum atomic E-state index is 15.7. The quantitative estimate of drug-likeness (QED) is 0.217. The second-order valence-electron chi connectivity index (χ2n) is 31.4. The summed E-state index contributed by atoms with van der Waals surface area (Å²) in [5, 5.41) is 7.67. The van der Waals surface area contributed by atoms with Crippen LogP contribution in [-0.4, -0.2) is 275 Å². The van der Waals surface area contributed by atoms with Crippen LogP contribution in [0.3, 0.4) is 0 Å². The van der Waals surface area contributed by atoms with E-state index >= 15 is 33.6 Å². The van der Waals surface area contributed by atoms with Gasteiger partial charge in [0.1, 0.15) is 59.9 Å². The molecule has 3 unspecified atom stereocenters. The molecule has 8 fully saturated rings. The number of nitrogens with zero attached hydrogens (tertiary/aromatic N) is 9. The van der Waals surface area contributed by atoms with Gasteiger partial charge in [0.05, 0.1) is 32.1 Å². The largest absolute Gasteiger partial charge is 0.393 e. The second-order valence-corrected chi connectivity index (χ2v) is 32.0. The molecule has 4 saturated heterocycles. The third kappa shape index (κ3) is 19.0. The first kappa shape index (κ1) is 81.4. The number of carbonyl (C=O) groups excluding carboxylic acids is 12. The van der Waals surface area contributed by atoms with E-state index in [1.54, 1.807) is 6.92 Å². The van der Waals surface area contributed by atoms with Gasteiger partial charge in [-0.15, -0.1) is 11.6 Å². The van der Waals surface area contributed by atoms with Gasteiger partial charge in [0, 0.05) is 73.8 Å². The molecule has 0 aromatic carbocycles. The SMILES string of the molecule is CC[C@H](C)[C@@H]1NC(=O)[C@H](CC(C)C)N(C)C(=O)C[C@@H](C(=O)N2CCOCC2)N(C)C(=O)[C@H](C2CCCC2)N(C)C(=O)C2(CCCC2)NC(=O)[C@@H]2CCCN2C(=O)[C@H](CCC2CCC(C(F)(F)F)C(Cl)C2)NC(=O)CN(C)C(=O)[C@H](CC2CCCCC2)N(C)C(=O)[C@@H]2CCN2C(=O)[C@H](C)N(C)C1=O. The van der Waals surface area contributed by atoms with Crippen LogP contribution in [-0.2, 0) is 62.3 Å². The summed E-state index contributed by atoms with van der Waals surface area (Å²) < 4.78 is 47.7. The highest BCUT2D eigenvalue weighted by Crippen LogP contribution is 2.44. The standard InChI is InChI=1S/C73H116ClF3N12O13/c1-12-45(4)60-69(99)82(7)46(5)64(94)89-34-30-54(89)67(97)84(9)56(41-47-21-14-13-15-22-47)66(96)81(6)43-58(90)78-52(29-27-48-26-28-50(51(74)40-48)73(75,76)77)65(95)88-33-20-25-53(88)63(93)80-72(31-18-19-32-72)71(101)86(11)61(49-23-16-17-24-49)70(100)85(10)57(68(98)87-35-37-102-38-36-87)42-59(91)83(8)55(39-44(2)3)62(92)79-60/h44-57,60-61H,12-43H2,1-11H3,(H,78,90)(H,79,92)(H,80,93)/t45-,46-,48?,50?,51?,52-,53-,54-,55-,56-,57-,60-,61-/m0/s1. The summed E-state index contributed by atoms with van der Waals surface area (Å²) in [7, 11) is 8.75. The second kappa shape index (κ2) is 35.6. The number of fused-ring (bicyclic) bond motifs is 2. The number of likely N-dealkylation sites (N-methyl/N-ethyl adjacent to an activating group) is 6. The molecular weight excluding hydrogens is 1350 g/mol. The highest BCUT2D eigenvalue weighted by molar-refractivity contribution is 6.21. The van der Waals surface area contributed by atoms with Gasteiger partial charge in [-0.2, -0.15) is 13.2 Å². The van der Waals surface area contributed by atoms with Crippen LogP contribution in [0.15, 0.2) is 0 Å². The van der Waals surface area contributed by atoms with Crippen LogP contribution in [0.5, 0.6) is 0 Å². The summed E-state index contributed by atoms with van der Waals surface area (Å²) in [6.45, 7) is 9.26. The van der Waals surface area contributed by atoms with Gasteiger partial charge in [-0.05, 0) is 126 Å². The minimum Gasteiger partial charge on any atom is -0.378 e. The van der Waals surface area contributed by atoms with Crippen LogP contribution < -0.4 is 16.0 Å². The van der Waals surface area contributed by atoms with Gasteiger partial charge in [-0.1, -0.05) is 91.9 Å². The van der Waals surface area contributed by atoms with E-state index < -0.39 is 173 Å². The molecule has 102 heavy (non-hydrogen) atoms. The average Bonchev–Trinajstić information content (AvgIpc) is 1.74. The highest BCUT2D eigenvalue weighted by atomic mass is 35.5. The lowest BCUT2D eigenvalue weighted by Crippen LogP contribution is -2.65.